The van der Waals surface area contributed by atoms with E-state index in [1.807, 2.05) is 24.3 Å². The van der Waals surface area contributed by atoms with Gasteiger partial charge in [0, 0.05) is 12.3 Å². The summed E-state index contributed by atoms with van der Waals surface area (Å²) in [4.78, 5) is 4.62. The van der Waals surface area contributed by atoms with E-state index in [9.17, 15) is 4.39 Å². The van der Waals surface area contributed by atoms with Gasteiger partial charge >= 0.3 is 0 Å². The third-order valence-electron chi connectivity index (χ3n) is 3.36. The summed E-state index contributed by atoms with van der Waals surface area (Å²) in [6.07, 6.45) is 0.749. The van der Waals surface area contributed by atoms with Gasteiger partial charge in [-0.3, -0.25) is 0 Å². The van der Waals surface area contributed by atoms with Crippen LogP contribution < -0.4 is 5.73 Å². The molecule has 3 aromatic rings. The van der Waals surface area contributed by atoms with E-state index in [-0.39, 0.29) is 11.7 Å². The Hall–Kier alpha value is -1.78. The van der Waals surface area contributed by atoms with Gasteiger partial charge in [0.1, 0.15) is 5.82 Å². The maximum Gasteiger partial charge on any atom is 0.123 e. The first-order valence-corrected chi connectivity index (χ1v) is 7.38. The Balaban J connectivity index is 1.87. The number of benzene rings is 2. The fourth-order valence-electron chi connectivity index (χ4n) is 2.32. The van der Waals surface area contributed by atoms with E-state index in [0.29, 0.717) is 6.54 Å². The zero-order valence-corrected chi connectivity index (χ0v) is 11.7. The van der Waals surface area contributed by atoms with E-state index >= 15 is 0 Å². The number of rotatable bonds is 4. The molecule has 20 heavy (non-hydrogen) atoms. The van der Waals surface area contributed by atoms with Crippen molar-refractivity contribution in [1.29, 1.82) is 0 Å². The third-order valence-corrected chi connectivity index (χ3v) is 4.42. The van der Waals surface area contributed by atoms with E-state index in [1.54, 1.807) is 23.5 Å². The van der Waals surface area contributed by atoms with Gasteiger partial charge in [-0.05, 0) is 36.4 Å². The van der Waals surface area contributed by atoms with Crippen LogP contribution in [0.3, 0.4) is 0 Å². The van der Waals surface area contributed by atoms with Crippen molar-refractivity contribution in [2.45, 2.75) is 12.3 Å². The molecule has 0 saturated carbocycles. The highest BCUT2D eigenvalue weighted by Gasteiger charge is 2.14. The summed E-state index contributed by atoms with van der Waals surface area (Å²) >= 11 is 1.68. The Morgan fingerprint density at radius 3 is 2.75 bits per heavy atom. The smallest absolute Gasteiger partial charge is 0.123 e. The van der Waals surface area contributed by atoms with Crippen molar-refractivity contribution in [2.75, 3.05) is 6.54 Å². The first kappa shape index (κ1) is 13.2. The zero-order chi connectivity index (χ0) is 13.9. The van der Waals surface area contributed by atoms with Gasteiger partial charge < -0.3 is 5.73 Å². The number of halogens is 1. The highest BCUT2D eigenvalue weighted by atomic mass is 32.1. The van der Waals surface area contributed by atoms with Gasteiger partial charge in [-0.15, -0.1) is 11.3 Å². The van der Waals surface area contributed by atoms with Gasteiger partial charge in [0.2, 0.25) is 0 Å². The minimum atomic E-state index is -0.217. The first-order chi connectivity index (χ1) is 9.76. The van der Waals surface area contributed by atoms with Crippen molar-refractivity contribution in [1.82, 2.24) is 4.98 Å². The van der Waals surface area contributed by atoms with E-state index in [2.05, 4.69) is 11.1 Å². The van der Waals surface area contributed by atoms with E-state index in [0.717, 1.165) is 22.5 Å². The average Bonchev–Trinajstić information content (AvgIpc) is 2.87. The lowest BCUT2D eigenvalue weighted by Crippen LogP contribution is -2.15. The van der Waals surface area contributed by atoms with Crippen LogP contribution in [0, 0.1) is 5.82 Å². The Morgan fingerprint density at radius 2 is 2.00 bits per heavy atom. The molecule has 3 rings (SSSR count). The van der Waals surface area contributed by atoms with Gasteiger partial charge in [-0.1, -0.05) is 24.3 Å². The minimum absolute atomic E-state index is 0.103. The molecule has 4 heteroatoms. The first-order valence-electron chi connectivity index (χ1n) is 6.56. The molecule has 0 aliphatic heterocycles. The SMILES string of the molecule is NCC(Cc1nc2ccccc2s1)c1cccc(F)c1. The highest BCUT2D eigenvalue weighted by Crippen LogP contribution is 2.27. The lowest BCUT2D eigenvalue weighted by atomic mass is 9.96. The second-order valence-corrected chi connectivity index (χ2v) is 5.88. The zero-order valence-electron chi connectivity index (χ0n) is 10.9. The van der Waals surface area contributed by atoms with E-state index < -0.39 is 0 Å². The number of hydrogen-bond donors (Lipinski definition) is 1. The number of fused-ring (bicyclic) bond motifs is 1. The van der Waals surface area contributed by atoms with Crippen LogP contribution in [0.5, 0.6) is 0 Å². The van der Waals surface area contributed by atoms with Crippen LogP contribution in [0.1, 0.15) is 16.5 Å². The van der Waals surface area contributed by atoms with Crippen LogP contribution in [-0.2, 0) is 6.42 Å². The quantitative estimate of drug-likeness (QED) is 0.794. The molecule has 1 atom stereocenters. The van der Waals surface area contributed by atoms with Crippen LogP contribution in [0.25, 0.3) is 10.2 Å². The Morgan fingerprint density at radius 1 is 1.15 bits per heavy atom. The van der Waals surface area contributed by atoms with Crippen molar-refractivity contribution in [3.8, 4) is 0 Å². The predicted molar refractivity (Wildman–Crippen MR) is 81.5 cm³/mol. The van der Waals surface area contributed by atoms with Crippen LogP contribution >= 0.6 is 11.3 Å². The molecule has 2 N–H and O–H groups in total. The maximum absolute atomic E-state index is 13.3. The van der Waals surface area contributed by atoms with Crippen LogP contribution in [-0.4, -0.2) is 11.5 Å². The fraction of sp³-hybridized carbons (Fsp3) is 0.188. The predicted octanol–water partition coefficient (Wildman–Crippen LogP) is 3.72. The molecular formula is C16H15FN2S. The summed E-state index contributed by atoms with van der Waals surface area (Å²) in [5, 5.41) is 1.05. The molecule has 0 spiro atoms. The summed E-state index contributed by atoms with van der Waals surface area (Å²) in [5.74, 6) is -0.114. The summed E-state index contributed by atoms with van der Waals surface area (Å²) in [5.41, 5.74) is 7.80. The van der Waals surface area contributed by atoms with Crippen molar-refractivity contribution >= 4 is 21.6 Å². The topological polar surface area (TPSA) is 38.9 Å². The fourth-order valence-corrected chi connectivity index (χ4v) is 3.36. The number of hydrogen-bond acceptors (Lipinski definition) is 3. The molecule has 1 unspecified atom stereocenters. The molecule has 102 valence electrons. The number of nitrogens with two attached hydrogens (primary N) is 1. The number of aromatic nitrogens is 1. The van der Waals surface area contributed by atoms with Crippen molar-refractivity contribution < 1.29 is 4.39 Å². The summed E-state index contributed by atoms with van der Waals surface area (Å²) in [6.45, 7) is 0.485. The molecule has 0 aliphatic rings. The number of nitrogens with zero attached hydrogens (tertiary/aromatic N) is 1. The number of para-hydroxylation sites is 1. The second kappa shape index (κ2) is 5.69. The Bertz CT molecular complexity index is 690. The second-order valence-electron chi connectivity index (χ2n) is 4.77. The molecule has 0 fully saturated rings. The van der Waals surface area contributed by atoms with Gasteiger partial charge in [0.15, 0.2) is 0 Å². The van der Waals surface area contributed by atoms with Crippen molar-refractivity contribution in [3.63, 3.8) is 0 Å². The maximum atomic E-state index is 13.3. The Kier molecular flexibility index (Phi) is 3.76. The van der Waals surface area contributed by atoms with E-state index in [1.165, 1.54) is 10.8 Å². The molecule has 0 aliphatic carbocycles. The minimum Gasteiger partial charge on any atom is -0.330 e. The monoisotopic (exact) mass is 286 g/mol. The van der Waals surface area contributed by atoms with Crippen LogP contribution in [0.15, 0.2) is 48.5 Å². The summed E-state index contributed by atoms with van der Waals surface area (Å²) in [6, 6.07) is 14.7. The standard InChI is InChI=1S/C16H15FN2S/c17-13-5-3-4-11(8-13)12(10-18)9-16-19-14-6-1-2-7-15(14)20-16/h1-8,12H,9-10,18H2. The summed E-state index contributed by atoms with van der Waals surface area (Å²) < 4.78 is 14.5. The molecular weight excluding hydrogens is 271 g/mol. The number of thiazole rings is 1. The van der Waals surface area contributed by atoms with Gasteiger partial charge in [0.05, 0.1) is 15.2 Å². The molecule has 0 bridgehead atoms. The third kappa shape index (κ3) is 2.71. The van der Waals surface area contributed by atoms with Crippen molar-refractivity contribution in [2.24, 2.45) is 5.73 Å². The van der Waals surface area contributed by atoms with Gasteiger partial charge in [0.25, 0.3) is 0 Å². The Labute approximate surface area is 121 Å². The average molecular weight is 286 g/mol. The van der Waals surface area contributed by atoms with Crippen molar-refractivity contribution in [3.05, 3.63) is 64.9 Å². The van der Waals surface area contributed by atoms with Gasteiger partial charge in [-0.2, -0.15) is 0 Å². The lowest BCUT2D eigenvalue weighted by molar-refractivity contribution is 0.616. The van der Waals surface area contributed by atoms with Gasteiger partial charge in [-0.25, -0.2) is 9.37 Å². The largest absolute Gasteiger partial charge is 0.330 e. The van der Waals surface area contributed by atoms with Crippen LogP contribution in [0.2, 0.25) is 0 Å². The molecule has 1 heterocycles. The highest BCUT2D eigenvalue weighted by molar-refractivity contribution is 7.18. The lowest BCUT2D eigenvalue weighted by Gasteiger charge is -2.13. The molecule has 1 aromatic heterocycles. The van der Waals surface area contributed by atoms with Crippen LogP contribution in [0.4, 0.5) is 4.39 Å². The molecule has 0 radical (unpaired) electrons. The molecule has 2 aromatic carbocycles. The summed E-state index contributed by atoms with van der Waals surface area (Å²) in [7, 11) is 0. The molecule has 0 saturated heterocycles. The molecule has 0 amide bonds. The van der Waals surface area contributed by atoms with E-state index in [4.69, 9.17) is 5.73 Å². The molecule has 2 nitrogen and oxygen atoms in total. The normalized spacial score (nSPS) is 12.7.